The van der Waals surface area contributed by atoms with E-state index in [-0.39, 0.29) is 0 Å². The van der Waals surface area contributed by atoms with Crippen molar-refractivity contribution in [3.8, 4) is 0 Å². The molecule has 42 valence electrons. The Morgan fingerprint density at radius 1 is 1.57 bits per heavy atom. The van der Waals surface area contributed by atoms with Crippen LogP contribution in [0.5, 0.6) is 0 Å². The summed E-state index contributed by atoms with van der Waals surface area (Å²) in [5.41, 5.74) is 0. The molecule has 2 atom stereocenters. The molecule has 1 heteroatoms. The van der Waals surface area contributed by atoms with Gasteiger partial charge in [0.1, 0.15) is 6.17 Å². The van der Waals surface area contributed by atoms with E-state index >= 15 is 0 Å². The van der Waals surface area contributed by atoms with Gasteiger partial charge in [0.15, 0.2) is 0 Å². The second kappa shape index (κ2) is 1.46. The number of alkyl halides is 1. The molecule has 1 aliphatic carbocycles. The van der Waals surface area contributed by atoms with E-state index in [2.05, 4.69) is 13.8 Å². The smallest absolute Gasteiger partial charge is 0.104 e. The molecular formula is C6H11F. The average Bonchev–Trinajstić information content (AvgIpc) is 2.17. The highest BCUT2D eigenvalue weighted by atomic mass is 19.1. The Labute approximate surface area is 43.7 Å². The van der Waals surface area contributed by atoms with Crippen molar-refractivity contribution in [3.63, 3.8) is 0 Å². The molecule has 0 amide bonds. The quantitative estimate of drug-likeness (QED) is 0.475. The van der Waals surface area contributed by atoms with Crippen LogP contribution >= 0.6 is 0 Å². The van der Waals surface area contributed by atoms with E-state index in [4.69, 9.17) is 0 Å². The summed E-state index contributed by atoms with van der Waals surface area (Å²) in [5, 5.41) is 0. The van der Waals surface area contributed by atoms with Crippen LogP contribution in [-0.4, -0.2) is 6.17 Å². The first-order valence-corrected chi connectivity index (χ1v) is 2.86. The van der Waals surface area contributed by atoms with Gasteiger partial charge in [-0.1, -0.05) is 13.8 Å². The van der Waals surface area contributed by atoms with E-state index in [1.54, 1.807) is 0 Å². The van der Waals surface area contributed by atoms with Gasteiger partial charge < -0.3 is 0 Å². The molecule has 0 aromatic rings. The van der Waals surface area contributed by atoms with Crippen molar-refractivity contribution >= 4 is 0 Å². The second-order valence-corrected chi connectivity index (χ2v) is 2.66. The Hall–Kier alpha value is -0.0700. The molecule has 0 N–H and O–H groups in total. The highest BCUT2D eigenvalue weighted by molar-refractivity contribution is 4.87. The minimum atomic E-state index is -0.458. The molecule has 0 nitrogen and oxygen atoms in total. The van der Waals surface area contributed by atoms with Crippen molar-refractivity contribution in [1.82, 2.24) is 0 Å². The van der Waals surface area contributed by atoms with Crippen LogP contribution in [0.2, 0.25) is 0 Å². The van der Waals surface area contributed by atoms with Crippen LogP contribution in [0.1, 0.15) is 20.3 Å². The summed E-state index contributed by atoms with van der Waals surface area (Å²) in [6.07, 6.45) is 0.359. The molecule has 0 heterocycles. The predicted octanol–water partition coefficient (Wildman–Crippen LogP) is 2.00. The lowest BCUT2D eigenvalue weighted by atomic mass is 10.1. The molecule has 0 aromatic heterocycles. The first-order valence-electron chi connectivity index (χ1n) is 2.86. The maximum Gasteiger partial charge on any atom is 0.104 e. The fourth-order valence-corrected chi connectivity index (χ4v) is 0.871. The van der Waals surface area contributed by atoms with Crippen LogP contribution in [0.4, 0.5) is 4.39 Å². The third kappa shape index (κ3) is 0.929. The van der Waals surface area contributed by atoms with Crippen molar-refractivity contribution in [1.29, 1.82) is 0 Å². The summed E-state index contributed by atoms with van der Waals surface area (Å²) >= 11 is 0. The summed E-state index contributed by atoms with van der Waals surface area (Å²) in [7, 11) is 0. The monoisotopic (exact) mass is 102 g/mol. The molecule has 1 rings (SSSR count). The Bertz CT molecular complexity index is 68.6. The molecule has 0 aromatic carbocycles. The molecule has 1 fully saturated rings. The fraction of sp³-hybridized carbons (Fsp3) is 1.00. The van der Waals surface area contributed by atoms with Crippen molar-refractivity contribution in [2.24, 2.45) is 11.8 Å². The third-order valence-electron chi connectivity index (χ3n) is 1.62. The van der Waals surface area contributed by atoms with Gasteiger partial charge in [0.25, 0.3) is 0 Å². The zero-order valence-electron chi connectivity index (χ0n) is 4.82. The first-order chi connectivity index (χ1) is 3.22. The van der Waals surface area contributed by atoms with Crippen LogP contribution in [0, 0.1) is 11.8 Å². The van der Waals surface area contributed by atoms with Gasteiger partial charge in [0, 0.05) is 0 Å². The van der Waals surface area contributed by atoms with Crippen LogP contribution in [0.3, 0.4) is 0 Å². The van der Waals surface area contributed by atoms with E-state index in [9.17, 15) is 4.39 Å². The lowest BCUT2D eigenvalue weighted by Crippen LogP contribution is -1.90. The molecule has 0 spiro atoms. The van der Waals surface area contributed by atoms with Crippen LogP contribution in [0.25, 0.3) is 0 Å². The lowest BCUT2D eigenvalue weighted by Gasteiger charge is -1.95. The van der Waals surface area contributed by atoms with E-state index < -0.39 is 6.17 Å². The summed E-state index contributed by atoms with van der Waals surface area (Å²) in [4.78, 5) is 0. The van der Waals surface area contributed by atoms with Gasteiger partial charge >= 0.3 is 0 Å². The van der Waals surface area contributed by atoms with Gasteiger partial charge in [-0.25, -0.2) is 4.39 Å². The summed E-state index contributed by atoms with van der Waals surface area (Å²) < 4.78 is 12.0. The maximum atomic E-state index is 12.0. The van der Waals surface area contributed by atoms with E-state index in [1.165, 1.54) is 0 Å². The molecule has 0 unspecified atom stereocenters. The van der Waals surface area contributed by atoms with Crippen molar-refractivity contribution in [2.75, 3.05) is 0 Å². The van der Waals surface area contributed by atoms with Gasteiger partial charge in [-0.2, -0.15) is 0 Å². The molecule has 0 saturated heterocycles. The maximum absolute atomic E-state index is 12.0. The minimum Gasteiger partial charge on any atom is -0.247 e. The van der Waals surface area contributed by atoms with Gasteiger partial charge in [0.05, 0.1) is 0 Å². The van der Waals surface area contributed by atoms with Gasteiger partial charge in [-0.15, -0.1) is 0 Å². The number of rotatable bonds is 1. The zero-order chi connectivity index (χ0) is 5.44. The van der Waals surface area contributed by atoms with Crippen LogP contribution < -0.4 is 0 Å². The number of hydrogen-bond acceptors (Lipinski definition) is 0. The molecule has 0 bridgehead atoms. The van der Waals surface area contributed by atoms with Gasteiger partial charge in [-0.3, -0.25) is 0 Å². The normalized spacial score (nSPS) is 39.4. The second-order valence-electron chi connectivity index (χ2n) is 2.66. The summed E-state index contributed by atoms with van der Waals surface area (Å²) in [5.74, 6) is 0.968. The standard InChI is InChI=1S/C6H11F/c1-4(2)5-3-6(5)7/h4-6H,3H2,1-2H3/t5-,6+/m0/s1. The highest BCUT2D eigenvalue weighted by Crippen LogP contribution is 2.39. The Kier molecular flexibility index (Phi) is 1.06. The van der Waals surface area contributed by atoms with Crippen molar-refractivity contribution in [3.05, 3.63) is 0 Å². The molecule has 0 aliphatic heterocycles. The number of halogens is 1. The van der Waals surface area contributed by atoms with E-state index in [0.29, 0.717) is 11.8 Å². The summed E-state index contributed by atoms with van der Waals surface area (Å²) in [6, 6.07) is 0. The third-order valence-corrected chi connectivity index (χ3v) is 1.62. The van der Waals surface area contributed by atoms with Crippen LogP contribution in [-0.2, 0) is 0 Å². The Morgan fingerprint density at radius 2 is 2.00 bits per heavy atom. The first kappa shape index (κ1) is 5.07. The SMILES string of the molecule is CC(C)[C@@H]1C[C@H]1F. The molecular weight excluding hydrogens is 91.1 g/mol. The van der Waals surface area contributed by atoms with Gasteiger partial charge in [0.2, 0.25) is 0 Å². The molecule has 0 radical (unpaired) electrons. The zero-order valence-corrected chi connectivity index (χ0v) is 4.82. The van der Waals surface area contributed by atoms with E-state index in [0.717, 1.165) is 6.42 Å². The Balaban J connectivity index is 2.20. The van der Waals surface area contributed by atoms with Gasteiger partial charge in [-0.05, 0) is 18.3 Å². The predicted molar refractivity (Wildman–Crippen MR) is 27.8 cm³/mol. The Morgan fingerprint density at radius 3 is 2.00 bits per heavy atom. The average molecular weight is 102 g/mol. The number of hydrogen-bond donors (Lipinski definition) is 0. The molecule has 7 heavy (non-hydrogen) atoms. The highest BCUT2D eigenvalue weighted by Gasteiger charge is 2.39. The van der Waals surface area contributed by atoms with E-state index in [1.807, 2.05) is 0 Å². The minimum absolute atomic E-state index is 0.403. The van der Waals surface area contributed by atoms with Crippen molar-refractivity contribution < 1.29 is 4.39 Å². The largest absolute Gasteiger partial charge is 0.247 e. The topological polar surface area (TPSA) is 0 Å². The van der Waals surface area contributed by atoms with Crippen molar-refractivity contribution in [2.45, 2.75) is 26.4 Å². The fourth-order valence-electron chi connectivity index (χ4n) is 0.871. The molecule has 1 saturated carbocycles. The lowest BCUT2D eigenvalue weighted by molar-refractivity contribution is 0.403. The molecule has 1 aliphatic rings. The summed E-state index contributed by atoms with van der Waals surface area (Å²) in [6.45, 7) is 4.15. The van der Waals surface area contributed by atoms with Crippen LogP contribution in [0.15, 0.2) is 0 Å².